The van der Waals surface area contributed by atoms with Crippen molar-refractivity contribution in [1.82, 2.24) is 9.37 Å². The molecule has 0 aliphatic carbocycles. The largest absolute Gasteiger partial charge is 0.383 e. The van der Waals surface area contributed by atoms with Crippen LogP contribution in [-0.4, -0.2) is 64.4 Å². The molecule has 0 saturated heterocycles. The number of hydrogen-bond acceptors (Lipinski definition) is 9. The average Bonchev–Trinajstić information content (AvgIpc) is 2.81. The van der Waals surface area contributed by atoms with Crippen LogP contribution in [0.15, 0.2) is 41.2 Å². The number of anilines is 1. The van der Waals surface area contributed by atoms with E-state index in [2.05, 4.69) is 24.1 Å². The monoisotopic (exact) mass is 541 g/mol. The summed E-state index contributed by atoms with van der Waals surface area (Å²) in [6.07, 6.45) is 0.790. The second kappa shape index (κ2) is 11.3. The highest BCUT2D eigenvalue weighted by Crippen LogP contribution is 2.33. The summed E-state index contributed by atoms with van der Waals surface area (Å²) in [5, 5.41) is 4.37. The van der Waals surface area contributed by atoms with Gasteiger partial charge in [0.15, 0.2) is 5.43 Å². The SMILES string of the molecule is CCN(CC)CCNc1ccc(CN(OS(C)(=O)=O)S(=O)(=O)CC)c2sc3ccccc3c(=O)c12. The molecule has 0 unspecified atom stereocenters. The van der Waals surface area contributed by atoms with Crippen LogP contribution < -0.4 is 10.7 Å². The van der Waals surface area contributed by atoms with Crippen LogP contribution in [0.5, 0.6) is 0 Å². The van der Waals surface area contributed by atoms with Gasteiger partial charge in [0.25, 0.3) is 10.1 Å². The lowest BCUT2D eigenvalue weighted by atomic mass is 10.1. The van der Waals surface area contributed by atoms with Gasteiger partial charge in [-0.15, -0.1) is 11.3 Å². The third-order valence-corrected chi connectivity index (χ3v) is 8.99. The fourth-order valence-electron chi connectivity index (χ4n) is 3.72. The van der Waals surface area contributed by atoms with Crippen molar-refractivity contribution in [3.8, 4) is 0 Å². The number of sulfonamides is 1. The van der Waals surface area contributed by atoms with Gasteiger partial charge in [0.2, 0.25) is 10.0 Å². The van der Waals surface area contributed by atoms with Crippen molar-refractivity contribution in [3.63, 3.8) is 0 Å². The Morgan fingerprint density at radius 1 is 1.00 bits per heavy atom. The summed E-state index contributed by atoms with van der Waals surface area (Å²) in [4.78, 5) is 15.8. The Bertz CT molecular complexity index is 1470. The maximum atomic E-state index is 13.5. The first-order chi connectivity index (χ1) is 16.5. The third-order valence-electron chi connectivity index (χ3n) is 5.64. The van der Waals surface area contributed by atoms with Crippen molar-refractivity contribution in [2.45, 2.75) is 27.3 Å². The Labute approximate surface area is 210 Å². The summed E-state index contributed by atoms with van der Waals surface area (Å²) in [6, 6.07) is 10.7. The molecule has 35 heavy (non-hydrogen) atoms. The van der Waals surface area contributed by atoms with Crippen LogP contribution in [0.25, 0.3) is 20.2 Å². The molecular formula is C23H31N3O6S3. The van der Waals surface area contributed by atoms with Gasteiger partial charge >= 0.3 is 0 Å². The summed E-state index contributed by atoms with van der Waals surface area (Å²) in [5.74, 6) is -0.343. The Morgan fingerprint density at radius 3 is 2.31 bits per heavy atom. The predicted molar refractivity (Wildman–Crippen MR) is 143 cm³/mol. The van der Waals surface area contributed by atoms with Gasteiger partial charge in [0.1, 0.15) is 0 Å². The van der Waals surface area contributed by atoms with Crippen LogP contribution in [0.3, 0.4) is 0 Å². The molecule has 1 N–H and O–H groups in total. The molecule has 0 spiro atoms. The number of hydrogen-bond donors (Lipinski definition) is 1. The van der Waals surface area contributed by atoms with Crippen molar-refractivity contribution >= 4 is 57.3 Å². The minimum atomic E-state index is -4.09. The molecule has 3 aromatic rings. The Balaban J connectivity index is 2.15. The lowest BCUT2D eigenvalue weighted by Crippen LogP contribution is -2.34. The topological polar surface area (TPSA) is 113 Å². The number of nitrogens with zero attached hydrogens (tertiary/aromatic N) is 2. The van der Waals surface area contributed by atoms with E-state index >= 15 is 0 Å². The third kappa shape index (κ3) is 6.57. The van der Waals surface area contributed by atoms with Gasteiger partial charge < -0.3 is 10.2 Å². The minimum Gasteiger partial charge on any atom is -0.383 e. The van der Waals surface area contributed by atoms with Crippen molar-refractivity contribution in [2.24, 2.45) is 0 Å². The number of benzene rings is 2. The smallest absolute Gasteiger partial charge is 0.281 e. The van der Waals surface area contributed by atoms with Gasteiger partial charge in [-0.2, -0.15) is 12.7 Å². The van der Waals surface area contributed by atoms with Crippen LogP contribution in [0.1, 0.15) is 26.3 Å². The highest BCUT2D eigenvalue weighted by Gasteiger charge is 2.27. The fraction of sp³-hybridized carbons (Fsp3) is 0.435. The van der Waals surface area contributed by atoms with Crippen LogP contribution in [-0.2, 0) is 31.0 Å². The second-order valence-electron chi connectivity index (χ2n) is 8.00. The zero-order valence-electron chi connectivity index (χ0n) is 20.3. The van der Waals surface area contributed by atoms with Gasteiger partial charge in [-0.05, 0) is 43.8 Å². The van der Waals surface area contributed by atoms with E-state index in [-0.39, 0.29) is 17.7 Å². The van der Waals surface area contributed by atoms with Gasteiger partial charge in [0.05, 0.1) is 23.9 Å². The van der Waals surface area contributed by atoms with Crippen LogP contribution in [0.2, 0.25) is 0 Å². The highest BCUT2D eigenvalue weighted by atomic mass is 32.2. The summed E-state index contributed by atoms with van der Waals surface area (Å²) in [5.41, 5.74) is 0.954. The number of likely N-dealkylation sites (N-methyl/N-ethyl adjacent to an activating group) is 1. The molecular weight excluding hydrogens is 510 g/mol. The molecule has 3 rings (SSSR count). The van der Waals surface area contributed by atoms with E-state index in [0.29, 0.717) is 37.7 Å². The van der Waals surface area contributed by atoms with E-state index in [0.717, 1.165) is 30.6 Å². The second-order valence-corrected chi connectivity index (χ2v) is 12.8. The Hall–Kier alpha value is -2.09. The molecule has 0 atom stereocenters. The molecule has 2 aromatic carbocycles. The van der Waals surface area contributed by atoms with Crippen molar-refractivity contribution < 1.29 is 21.1 Å². The van der Waals surface area contributed by atoms with Crippen LogP contribution >= 0.6 is 11.3 Å². The zero-order chi connectivity index (χ0) is 25.8. The van der Waals surface area contributed by atoms with E-state index < -0.39 is 20.1 Å². The molecule has 0 amide bonds. The first-order valence-electron chi connectivity index (χ1n) is 11.3. The molecule has 1 heterocycles. The van der Waals surface area contributed by atoms with Gasteiger partial charge in [-0.3, -0.25) is 4.79 Å². The predicted octanol–water partition coefficient (Wildman–Crippen LogP) is 3.21. The van der Waals surface area contributed by atoms with E-state index in [1.165, 1.54) is 18.3 Å². The van der Waals surface area contributed by atoms with E-state index in [1.54, 1.807) is 24.3 Å². The first-order valence-corrected chi connectivity index (χ1v) is 15.6. The molecule has 0 saturated carbocycles. The number of nitrogens with one attached hydrogen (secondary N) is 1. The molecule has 0 radical (unpaired) electrons. The standard InChI is InChI=1S/C23H31N3O6S3/c1-5-25(6-2)15-14-24-19-13-12-17(16-26(32-34(4,28)29)35(30,31)7-3)23-21(19)22(27)18-10-8-9-11-20(18)33-23/h8-13,24H,5-7,14-16H2,1-4H3. The Morgan fingerprint density at radius 2 is 1.69 bits per heavy atom. The number of fused-ring (bicyclic) bond motifs is 2. The molecule has 0 aliphatic rings. The fourth-order valence-corrected chi connectivity index (χ4v) is 6.61. The molecule has 0 bridgehead atoms. The average molecular weight is 542 g/mol. The molecule has 192 valence electrons. The van der Waals surface area contributed by atoms with E-state index in [1.807, 2.05) is 12.1 Å². The van der Waals surface area contributed by atoms with E-state index in [9.17, 15) is 21.6 Å². The molecule has 1 aromatic heterocycles. The van der Waals surface area contributed by atoms with Gasteiger partial charge in [-0.25, -0.2) is 8.42 Å². The quantitative estimate of drug-likeness (QED) is 0.275. The normalized spacial score (nSPS) is 12.7. The van der Waals surface area contributed by atoms with Gasteiger partial charge in [0, 0.05) is 33.6 Å². The van der Waals surface area contributed by atoms with Crippen molar-refractivity contribution in [1.29, 1.82) is 0 Å². The molecule has 0 fully saturated rings. The van der Waals surface area contributed by atoms with E-state index in [4.69, 9.17) is 4.28 Å². The maximum absolute atomic E-state index is 13.5. The maximum Gasteiger partial charge on any atom is 0.281 e. The van der Waals surface area contributed by atoms with Gasteiger partial charge in [-0.1, -0.05) is 36.5 Å². The first kappa shape index (κ1) is 27.5. The highest BCUT2D eigenvalue weighted by molar-refractivity contribution is 7.90. The molecule has 0 aliphatic heterocycles. The summed E-state index contributed by atoms with van der Waals surface area (Å²) in [6.45, 7) is 8.48. The molecule has 9 nitrogen and oxygen atoms in total. The number of rotatable bonds is 12. The molecule has 12 heteroatoms. The van der Waals surface area contributed by atoms with Crippen molar-refractivity contribution in [3.05, 3.63) is 52.2 Å². The van der Waals surface area contributed by atoms with Crippen LogP contribution in [0.4, 0.5) is 5.69 Å². The number of hydroxylamine groups is 1. The lowest BCUT2D eigenvalue weighted by Gasteiger charge is -2.21. The summed E-state index contributed by atoms with van der Waals surface area (Å²) in [7, 11) is -8.11. The minimum absolute atomic E-state index is 0.171. The summed E-state index contributed by atoms with van der Waals surface area (Å²) >= 11 is 1.36. The van der Waals surface area contributed by atoms with Crippen molar-refractivity contribution in [2.75, 3.05) is 43.5 Å². The summed E-state index contributed by atoms with van der Waals surface area (Å²) < 4.78 is 55.4. The van der Waals surface area contributed by atoms with Crippen LogP contribution in [0, 0.1) is 0 Å². The zero-order valence-corrected chi connectivity index (χ0v) is 22.7. The Kier molecular flexibility index (Phi) is 8.89. The lowest BCUT2D eigenvalue weighted by molar-refractivity contribution is 0.0384.